The number of fused-ring (bicyclic) bond motifs is 1. The first kappa shape index (κ1) is 8.71. The van der Waals surface area contributed by atoms with Crippen molar-refractivity contribution in [2.45, 2.75) is 10.6 Å². The van der Waals surface area contributed by atoms with E-state index >= 15 is 0 Å². The summed E-state index contributed by atoms with van der Waals surface area (Å²) in [4.78, 5) is 10.6. The number of aryl methyl sites for hydroxylation is 1. The molecule has 0 saturated heterocycles. The number of carboxylic acids is 1. The Balaban J connectivity index is 2.61. The Morgan fingerprint density at radius 1 is 1.54 bits per heavy atom. The zero-order valence-corrected chi connectivity index (χ0v) is 8.11. The summed E-state index contributed by atoms with van der Waals surface area (Å²) in [5.41, 5.74) is 0.655. The van der Waals surface area contributed by atoms with Crippen LogP contribution >= 0.6 is 11.3 Å². The van der Waals surface area contributed by atoms with Gasteiger partial charge >= 0.3 is 5.97 Å². The standard InChI is InChI=1S/C7H6O4S2/c8-6(9)5-3-4-1-2-13(10,11)7(4)12-5/h3H,1-2H2,(H,8,9). The van der Waals surface area contributed by atoms with Crippen molar-refractivity contribution >= 4 is 27.1 Å². The van der Waals surface area contributed by atoms with Crippen molar-refractivity contribution in [2.24, 2.45) is 0 Å². The van der Waals surface area contributed by atoms with E-state index in [2.05, 4.69) is 0 Å². The molecule has 6 heteroatoms. The smallest absolute Gasteiger partial charge is 0.345 e. The van der Waals surface area contributed by atoms with Gasteiger partial charge in [-0.15, -0.1) is 11.3 Å². The van der Waals surface area contributed by atoms with Crippen molar-refractivity contribution in [3.63, 3.8) is 0 Å². The first-order chi connectivity index (χ1) is 6.00. The van der Waals surface area contributed by atoms with E-state index in [1.54, 1.807) is 0 Å². The minimum absolute atomic E-state index is 0.105. The van der Waals surface area contributed by atoms with Gasteiger partial charge < -0.3 is 5.11 Å². The summed E-state index contributed by atoms with van der Waals surface area (Å²) >= 11 is 0.850. The maximum Gasteiger partial charge on any atom is 0.345 e. The topological polar surface area (TPSA) is 71.4 Å². The Morgan fingerprint density at radius 2 is 2.23 bits per heavy atom. The SMILES string of the molecule is O=C(O)c1cc2c(s1)S(=O)(=O)CC2. The summed E-state index contributed by atoms with van der Waals surface area (Å²) < 4.78 is 22.9. The molecule has 13 heavy (non-hydrogen) atoms. The molecule has 0 atom stereocenters. The van der Waals surface area contributed by atoms with Gasteiger partial charge in [-0.2, -0.15) is 0 Å². The molecule has 2 rings (SSSR count). The molecule has 0 aromatic carbocycles. The molecule has 0 unspecified atom stereocenters. The summed E-state index contributed by atoms with van der Waals surface area (Å²) in [5.74, 6) is -0.941. The lowest BCUT2D eigenvalue weighted by Crippen LogP contribution is -1.98. The molecular formula is C7H6O4S2. The van der Waals surface area contributed by atoms with E-state index in [0.29, 0.717) is 12.0 Å². The number of carbonyl (C=O) groups is 1. The molecule has 1 aromatic heterocycles. The number of hydrogen-bond acceptors (Lipinski definition) is 4. The van der Waals surface area contributed by atoms with E-state index in [1.807, 2.05) is 0 Å². The molecule has 0 aliphatic carbocycles. The lowest BCUT2D eigenvalue weighted by atomic mass is 10.2. The number of carboxylic acid groups (broad SMARTS) is 1. The molecule has 1 aliphatic rings. The van der Waals surface area contributed by atoms with Crippen LogP contribution in [0.1, 0.15) is 15.2 Å². The van der Waals surface area contributed by atoms with Crippen LogP contribution in [0.2, 0.25) is 0 Å². The average molecular weight is 218 g/mol. The van der Waals surface area contributed by atoms with Crippen LogP contribution in [0.4, 0.5) is 0 Å². The first-order valence-corrected chi connectivity index (χ1v) is 6.06. The van der Waals surface area contributed by atoms with Crippen LogP contribution in [0.15, 0.2) is 10.3 Å². The quantitative estimate of drug-likeness (QED) is 0.756. The Morgan fingerprint density at radius 3 is 2.77 bits per heavy atom. The maximum atomic E-state index is 11.3. The van der Waals surface area contributed by atoms with Crippen molar-refractivity contribution in [1.29, 1.82) is 0 Å². The van der Waals surface area contributed by atoms with Crippen LogP contribution in [-0.2, 0) is 16.3 Å². The van der Waals surface area contributed by atoms with E-state index < -0.39 is 15.8 Å². The fraction of sp³-hybridized carbons (Fsp3) is 0.286. The van der Waals surface area contributed by atoms with E-state index in [-0.39, 0.29) is 14.8 Å². The van der Waals surface area contributed by atoms with Gasteiger partial charge in [-0.05, 0) is 18.1 Å². The molecule has 0 radical (unpaired) electrons. The number of aromatic carboxylic acids is 1. The Bertz CT molecular complexity index is 469. The predicted octanol–water partition coefficient (Wildman–Crippen LogP) is 0.776. The third kappa shape index (κ3) is 1.26. The summed E-state index contributed by atoms with van der Waals surface area (Å²) in [7, 11) is -3.16. The van der Waals surface area contributed by atoms with Gasteiger partial charge in [0, 0.05) is 0 Å². The largest absolute Gasteiger partial charge is 0.477 e. The van der Waals surface area contributed by atoms with Gasteiger partial charge in [0.25, 0.3) is 0 Å². The van der Waals surface area contributed by atoms with Crippen molar-refractivity contribution in [1.82, 2.24) is 0 Å². The second kappa shape index (κ2) is 2.55. The van der Waals surface area contributed by atoms with Crippen LogP contribution in [0, 0.1) is 0 Å². The zero-order chi connectivity index (χ0) is 9.64. The molecule has 0 saturated carbocycles. The molecule has 0 bridgehead atoms. The molecule has 2 heterocycles. The second-order valence-electron chi connectivity index (χ2n) is 2.80. The fourth-order valence-corrected chi connectivity index (χ4v) is 4.33. The highest BCUT2D eigenvalue weighted by molar-refractivity contribution is 7.93. The monoisotopic (exact) mass is 218 g/mol. The van der Waals surface area contributed by atoms with Gasteiger partial charge in [0.1, 0.15) is 9.09 Å². The van der Waals surface area contributed by atoms with E-state index in [4.69, 9.17) is 5.11 Å². The summed E-state index contributed by atoms with van der Waals surface area (Å²) in [6, 6.07) is 1.45. The van der Waals surface area contributed by atoms with Crippen LogP contribution in [0.5, 0.6) is 0 Å². The second-order valence-corrected chi connectivity index (χ2v) is 6.15. The van der Waals surface area contributed by atoms with Crippen molar-refractivity contribution in [3.8, 4) is 0 Å². The third-order valence-electron chi connectivity index (χ3n) is 1.90. The molecule has 70 valence electrons. The summed E-state index contributed by atoms with van der Waals surface area (Å²) in [5, 5.41) is 8.63. The molecular weight excluding hydrogens is 212 g/mol. The van der Waals surface area contributed by atoms with E-state index in [1.165, 1.54) is 6.07 Å². The number of sulfone groups is 1. The minimum atomic E-state index is -3.16. The Labute approximate surface area is 78.7 Å². The highest BCUT2D eigenvalue weighted by Crippen LogP contribution is 2.33. The number of rotatable bonds is 1. The average Bonchev–Trinajstić information content (AvgIpc) is 2.53. The zero-order valence-electron chi connectivity index (χ0n) is 6.48. The third-order valence-corrected chi connectivity index (χ3v) is 5.44. The van der Waals surface area contributed by atoms with Gasteiger partial charge in [0.05, 0.1) is 5.75 Å². The minimum Gasteiger partial charge on any atom is -0.477 e. The van der Waals surface area contributed by atoms with Gasteiger partial charge in [-0.25, -0.2) is 13.2 Å². The van der Waals surface area contributed by atoms with Gasteiger partial charge in [0.2, 0.25) is 0 Å². The molecule has 1 aliphatic heterocycles. The molecule has 0 spiro atoms. The fourth-order valence-electron chi connectivity index (χ4n) is 1.29. The lowest BCUT2D eigenvalue weighted by molar-refractivity contribution is 0.0702. The van der Waals surface area contributed by atoms with Crippen molar-refractivity contribution in [3.05, 3.63) is 16.5 Å². The Hall–Kier alpha value is -0.880. The molecule has 0 amide bonds. The highest BCUT2D eigenvalue weighted by Gasteiger charge is 2.30. The summed E-state index contributed by atoms with van der Waals surface area (Å²) in [6.07, 6.45) is 0.446. The highest BCUT2D eigenvalue weighted by atomic mass is 32.2. The normalized spacial score (nSPS) is 18.5. The maximum absolute atomic E-state index is 11.3. The number of thiophene rings is 1. The Kier molecular flexibility index (Phi) is 1.71. The van der Waals surface area contributed by atoms with E-state index in [0.717, 1.165) is 11.3 Å². The predicted molar refractivity (Wildman–Crippen MR) is 47.0 cm³/mol. The van der Waals surface area contributed by atoms with Gasteiger partial charge in [-0.3, -0.25) is 0 Å². The van der Waals surface area contributed by atoms with Gasteiger partial charge in [-0.1, -0.05) is 0 Å². The van der Waals surface area contributed by atoms with Crippen LogP contribution in [0.3, 0.4) is 0 Å². The molecule has 4 nitrogen and oxygen atoms in total. The molecule has 1 N–H and O–H groups in total. The van der Waals surface area contributed by atoms with Crippen molar-refractivity contribution in [2.75, 3.05) is 5.75 Å². The van der Waals surface area contributed by atoms with Crippen LogP contribution < -0.4 is 0 Å². The van der Waals surface area contributed by atoms with Gasteiger partial charge in [0.15, 0.2) is 9.84 Å². The van der Waals surface area contributed by atoms with Crippen LogP contribution in [0.25, 0.3) is 0 Å². The molecule has 0 fully saturated rings. The van der Waals surface area contributed by atoms with E-state index in [9.17, 15) is 13.2 Å². The van der Waals surface area contributed by atoms with Crippen molar-refractivity contribution < 1.29 is 18.3 Å². The molecule has 1 aromatic rings. The summed E-state index contributed by atoms with van der Waals surface area (Å²) in [6.45, 7) is 0. The first-order valence-electron chi connectivity index (χ1n) is 3.59. The lowest BCUT2D eigenvalue weighted by Gasteiger charge is -1.88. The number of hydrogen-bond donors (Lipinski definition) is 1. The van der Waals surface area contributed by atoms with Crippen LogP contribution in [-0.4, -0.2) is 25.2 Å².